The predicted octanol–water partition coefficient (Wildman–Crippen LogP) is 5.05. The van der Waals surface area contributed by atoms with Crippen LogP contribution in [-0.4, -0.2) is 84.6 Å². The monoisotopic (exact) mass is 717 g/mol. The highest BCUT2D eigenvalue weighted by molar-refractivity contribution is 6.03. The minimum atomic E-state index is -1.25. The van der Waals surface area contributed by atoms with Crippen molar-refractivity contribution in [1.82, 2.24) is 19.9 Å². The summed E-state index contributed by atoms with van der Waals surface area (Å²) >= 11 is 0. The Hall–Kier alpha value is -5.86. The fraction of sp³-hybridized carbons (Fsp3) is 0.378. The average molecular weight is 718 g/mol. The summed E-state index contributed by atoms with van der Waals surface area (Å²) in [6, 6.07) is 15.8. The van der Waals surface area contributed by atoms with Crippen LogP contribution in [0.1, 0.15) is 46.5 Å². The Morgan fingerprint density at radius 1 is 0.923 bits per heavy atom. The number of para-hydroxylation sites is 1. The van der Waals surface area contributed by atoms with E-state index >= 15 is 0 Å². The van der Waals surface area contributed by atoms with E-state index < -0.39 is 29.5 Å². The number of benzene rings is 3. The van der Waals surface area contributed by atoms with Crippen LogP contribution in [0.4, 0.5) is 25.4 Å². The maximum absolute atomic E-state index is 14.3. The number of nitrogens with one attached hydrogen (secondary N) is 2. The summed E-state index contributed by atoms with van der Waals surface area (Å²) in [5.41, 5.74) is -0.473. The molecule has 1 saturated heterocycles. The molecule has 14 nitrogen and oxygen atoms in total. The Morgan fingerprint density at radius 2 is 1.60 bits per heavy atom. The van der Waals surface area contributed by atoms with E-state index in [1.807, 2.05) is 0 Å². The molecule has 0 spiro atoms. The second kappa shape index (κ2) is 15.6. The molecule has 3 aromatic carbocycles. The highest BCUT2D eigenvalue weighted by Gasteiger charge is 2.37. The fourth-order valence-corrected chi connectivity index (χ4v) is 6.04. The number of anilines is 2. The van der Waals surface area contributed by atoms with Gasteiger partial charge in [-0.1, -0.05) is 12.1 Å². The highest BCUT2D eigenvalue weighted by Crippen LogP contribution is 2.37. The van der Waals surface area contributed by atoms with Crippen LogP contribution in [0.2, 0.25) is 0 Å². The minimum Gasteiger partial charge on any atom is -0.497 e. The van der Waals surface area contributed by atoms with Gasteiger partial charge in [-0.3, -0.25) is 14.5 Å². The standard InChI is InChI=1S/C37H44FN7O7/c1-23(2)52-36(49)41-37(4,5)34(47)42-18-20-43(21-19-42)45-32(40-29-11-9-8-10-28(29)33(45)46)24(3)44(30-17-16-27(50-6)22-31(30)51-7)35(48)39-26-14-12-25(38)13-15-26/h8-17,22-24H,18-21H2,1-7H3,(H,39,48)(H,41,49). The zero-order valence-corrected chi connectivity index (χ0v) is 30.3. The van der Waals surface area contributed by atoms with E-state index in [1.165, 1.54) is 48.1 Å². The number of amides is 4. The number of nitrogens with zero attached hydrogens (tertiary/aromatic N) is 5. The van der Waals surface area contributed by atoms with Crippen LogP contribution >= 0.6 is 0 Å². The summed E-state index contributed by atoms with van der Waals surface area (Å²) in [6.07, 6.45) is -1.04. The predicted molar refractivity (Wildman–Crippen MR) is 195 cm³/mol. The first-order valence-electron chi connectivity index (χ1n) is 16.9. The number of aromatic nitrogens is 2. The Balaban J connectivity index is 1.53. The first kappa shape index (κ1) is 37.4. The van der Waals surface area contributed by atoms with Crippen LogP contribution in [0.5, 0.6) is 11.5 Å². The number of piperazine rings is 1. The van der Waals surface area contributed by atoms with Crippen LogP contribution in [0.25, 0.3) is 10.9 Å². The van der Waals surface area contributed by atoms with Gasteiger partial charge < -0.3 is 34.8 Å². The number of fused-ring (bicyclic) bond motifs is 1. The first-order valence-corrected chi connectivity index (χ1v) is 16.9. The molecule has 5 rings (SSSR count). The lowest BCUT2D eigenvalue weighted by Gasteiger charge is -2.41. The van der Waals surface area contributed by atoms with Gasteiger partial charge in [0.15, 0.2) is 5.82 Å². The fourth-order valence-electron chi connectivity index (χ4n) is 6.04. The number of hydrogen-bond acceptors (Lipinski definition) is 9. The van der Waals surface area contributed by atoms with Crippen molar-refractivity contribution in [2.75, 3.05) is 55.6 Å². The number of ether oxygens (including phenoxy) is 3. The molecule has 1 aliphatic heterocycles. The smallest absolute Gasteiger partial charge is 0.408 e. The largest absolute Gasteiger partial charge is 0.497 e. The van der Waals surface area contributed by atoms with Gasteiger partial charge in [0.1, 0.15) is 22.9 Å². The van der Waals surface area contributed by atoms with Crippen LogP contribution in [-0.2, 0) is 9.53 Å². The third-order valence-electron chi connectivity index (χ3n) is 8.62. The van der Waals surface area contributed by atoms with E-state index in [0.717, 1.165) is 0 Å². The second-order valence-electron chi connectivity index (χ2n) is 13.1. The molecule has 4 amide bonds. The quantitative estimate of drug-likeness (QED) is 0.230. The summed E-state index contributed by atoms with van der Waals surface area (Å²) < 4.78 is 31.5. The SMILES string of the molecule is COc1ccc(N(C(=O)Nc2ccc(F)cc2)C(C)c2nc3ccccc3c(=O)n2N2CCN(C(=O)C(C)(C)NC(=O)OC(C)C)CC2)c(OC)c1. The van der Waals surface area contributed by atoms with Crippen molar-refractivity contribution in [2.45, 2.75) is 52.3 Å². The van der Waals surface area contributed by atoms with Crippen molar-refractivity contribution in [3.8, 4) is 11.5 Å². The van der Waals surface area contributed by atoms with Crippen molar-refractivity contribution < 1.29 is 33.0 Å². The van der Waals surface area contributed by atoms with Crippen LogP contribution < -0.4 is 35.6 Å². The zero-order chi connectivity index (χ0) is 37.7. The van der Waals surface area contributed by atoms with Gasteiger partial charge in [-0.25, -0.2) is 23.6 Å². The van der Waals surface area contributed by atoms with E-state index in [2.05, 4.69) is 10.6 Å². The van der Waals surface area contributed by atoms with Crippen LogP contribution in [0, 0.1) is 5.82 Å². The summed E-state index contributed by atoms with van der Waals surface area (Å²) in [5.74, 6) is 0.292. The molecule has 52 heavy (non-hydrogen) atoms. The lowest BCUT2D eigenvalue weighted by Crippen LogP contribution is -2.62. The van der Waals surface area contributed by atoms with E-state index in [9.17, 15) is 23.6 Å². The van der Waals surface area contributed by atoms with Gasteiger partial charge >= 0.3 is 12.1 Å². The zero-order valence-electron chi connectivity index (χ0n) is 30.3. The highest BCUT2D eigenvalue weighted by atomic mass is 19.1. The van der Waals surface area contributed by atoms with Crippen molar-refractivity contribution in [3.05, 3.63) is 88.7 Å². The Morgan fingerprint density at radius 3 is 2.23 bits per heavy atom. The van der Waals surface area contributed by atoms with Crippen molar-refractivity contribution in [1.29, 1.82) is 0 Å². The number of urea groups is 1. The van der Waals surface area contributed by atoms with Crippen molar-refractivity contribution >= 4 is 40.3 Å². The average Bonchev–Trinajstić information content (AvgIpc) is 3.11. The lowest BCUT2D eigenvalue weighted by atomic mass is 10.0. The Kier molecular flexibility index (Phi) is 11.2. The summed E-state index contributed by atoms with van der Waals surface area (Å²) in [5, 5.41) is 7.64. The molecule has 1 aliphatic rings. The van der Waals surface area contributed by atoms with Crippen LogP contribution in [0.15, 0.2) is 71.5 Å². The minimum absolute atomic E-state index is 0.233. The number of carbonyl (C=O) groups excluding carboxylic acids is 3. The van der Waals surface area contributed by atoms with Crippen molar-refractivity contribution in [3.63, 3.8) is 0 Å². The van der Waals surface area contributed by atoms with Gasteiger partial charge in [-0.15, -0.1) is 0 Å². The molecule has 0 bridgehead atoms. The number of alkyl carbamates (subject to hydrolysis) is 1. The molecule has 0 aliphatic carbocycles. The normalized spacial score (nSPS) is 13.8. The number of rotatable bonds is 10. The third kappa shape index (κ3) is 8.03. The van der Waals surface area contributed by atoms with E-state index in [1.54, 1.807) is 87.0 Å². The summed E-state index contributed by atoms with van der Waals surface area (Å²) in [7, 11) is 2.98. The second-order valence-corrected chi connectivity index (χ2v) is 13.1. The van der Waals surface area contributed by atoms with Crippen molar-refractivity contribution in [2.24, 2.45) is 0 Å². The molecular weight excluding hydrogens is 673 g/mol. The number of carbonyl (C=O) groups is 3. The van der Waals surface area contributed by atoms with Gasteiger partial charge in [-0.05, 0) is 83.1 Å². The maximum Gasteiger partial charge on any atom is 0.408 e. The van der Waals surface area contributed by atoms with Crippen LogP contribution in [0.3, 0.4) is 0 Å². The molecule has 1 aromatic heterocycles. The Labute approximate surface area is 301 Å². The van der Waals surface area contributed by atoms with Gasteiger partial charge in [-0.2, -0.15) is 0 Å². The number of methoxy groups -OCH3 is 2. The first-order chi connectivity index (χ1) is 24.7. The summed E-state index contributed by atoms with van der Waals surface area (Å²) in [6.45, 7) is 9.35. The van der Waals surface area contributed by atoms with Gasteiger partial charge in [0, 0.05) is 24.8 Å². The molecule has 1 fully saturated rings. The van der Waals surface area contributed by atoms with Gasteiger partial charge in [0.25, 0.3) is 5.56 Å². The maximum atomic E-state index is 14.3. The number of hydrogen-bond donors (Lipinski definition) is 2. The molecule has 4 aromatic rings. The van der Waals surface area contributed by atoms with E-state index in [4.69, 9.17) is 19.2 Å². The molecule has 1 unspecified atom stereocenters. The molecule has 276 valence electrons. The molecule has 1 atom stereocenters. The topological polar surface area (TPSA) is 148 Å². The van der Waals surface area contributed by atoms with E-state index in [-0.39, 0.29) is 49.6 Å². The molecule has 2 heterocycles. The Bertz CT molecular complexity index is 1990. The number of halogens is 1. The molecular formula is C37H44FN7O7. The summed E-state index contributed by atoms with van der Waals surface area (Å²) in [4.78, 5) is 62.4. The van der Waals surface area contributed by atoms with Gasteiger partial charge in [0.2, 0.25) is 5.91 Å². The van der Waals surface area contributed by atoms with E-state index in [0.29, 0.717) is 33.8 Å². The molecule has 0 saturated carbocycles. The molecule has 2 N–H and O–H groups in total. The molecule has 0 radical (unpaired) electrons. The van der Waals surface area contributed by atoms with Gasteiger partial charge in [0.05, 0.1) is 56.0 Å². The lowest BCUT2D eigenvalue weighted by molar-refractivity contribution is -0.137. The third-order valence-corrected chi connectivity index (χ3v) is 8.62. The molecule has 15 heteroatoms.